The van der Waals surface area contributed by atoms with Crippen LogP contribution >= 0.6 is 0 Å². The van der Waals surface area contributed by atoms with Crippen LogP contribution in [-0.2, 0) is 6.54 Å². The van der Waals surface area contributed by atoms with E-state index in [1.165, 1.54) is 0 Å². The van der Waals surface area contributed by atoms with Crippen LogP contribution in [0.4, 0.5) is 0 Å². The van der Waals surface area contributed by atoms with Crippen molar-refractivity contribution in [2.45, 2.75) is 26.8 Å². The van der Waals surface area contributed by atoms with Crippen molar-refractivity contribution in [1.82, 2.24) is 15.3 Å². The molecule has 0 amide bonds. The summed E-state index contributed by atoms with van der Waals surface area (Å²) in [5, 5.41) is 3.18. The van der Waals surface area contributed by atoms with Crippen molar-refractivity contribution in [3.63, 3.8) is 0 Å². The number of hydrogen-bond acceptors (Lipinski definition) is 4. The normalized spacial score (nSPS) is 10.1. The Balaban J connectivity index is 2.42. The summed E-state index contributed by atoms with van der Waals surface area (Å²) in [6, 6.07) is 0. The van der Waals surface area contributed by atoms with E-state index in [4.69, 9.17) is 4.74 Å². The van der Waals surface area contributed by atoms with Crippen LogP contribution in [0.2, 0.25) is 0 Å². The Morgan fingerprint density at radius 2 is 2.14 bits per heavy atom. The lowest BCUT2D eigenvalue weighted by atomic mass is 10.4. The summed E-state index contributed by atoms with van der Waals surface area (Å²) >= 11 is 0. The van der Waals surface area contributed by atoms with Gasteiger partial charge in [-0.1, -0.05) is 13.8 Å². The summed E-state index contributed by atoms with van der Waals surface area (Å²) in [6.07, 6.45) is 4.40. The fourth-order valence-corrected chi connectivity index (χ4v) is 0.968. The third kappa shape index (κ3) is 3.70. The second kappa shape index (κ2) is 6.32. The molecule has 4 nitrogen and oxygen atoms in total. The maximum atomic E-state index is 5.32. The molecule has 0 fully saturated rings. The minimum absolute atomic E-state index is 0.604. The van der Waals surface area contributed by atoms with Crippen molar-refractivity contribution in [2.75, 3.05) is 13.2 Å². The Hall–Kier alpha value is -1.16. The Kier molecular flexibility index (Phi) is 4.93. The highest BCUT2D eigenvalue weighted by Crippen LogP contribution is 2.03. The predicted octanol–water partition coefficient (Wildman–Crippen LogP) is 1.37. The first kappa shape index (κ1) is 10.9. The van der Waals surface area contributed by atoms with Crippen LogP contribution in [-0.4, -0.2) is 23.1 Å². The molecule has 4 heteroatoms. The van der Waals surface area contributed by atoms with E-state index in [0.29, 0.717) is 12.5 Å². The molecule has 0 aliphatic heterocycles. The topological polar surface area (TPSA) is 47.0 Å². The van der Waals surface area contributed by atoms with Gasteiger partial charge in [0.2, 0.25) is 5.88 Å². The first-order valence-electron chi connectivity index (χ1n) is 5.01. The number of nitrogens with zero attached hydrogens (tertiary/aromatic N) is 2. The monoisotopic (exact) mass is 195 g/mol. The van der Waals surface area contributed by atoms with Crippen molar-refractivity contribution in [3.8, 4) is 5.88 Å². The van der Waals surface area contributed by atoms with E-state index in [9.17, 15) is 0 Å². The molecule has 0 unspecified atom stereocenters. The highest BCUT2D eigenvalue weighted by Gasteiger charge is 1.96. The summed E-state index contributed by atoms with van der Waals surface area (Å²) in [5.41, 5.74) is 0.940. The lowest BCUT2D eigenvalue weighted by Crippen LogP contribution is -2.13. The van der Waals surface area contributed by atoms with Gasteiger partial charge >= 0.3 is 0 Å². The van der Waals surface area contributed by atoms with Gasteiger partial charge in [0.25, 0.3) is 0 Å². The molecule has 0 spiro atoms. The molecular weight excluding hydrogens is 178 g/mol. The molecule has 0 aliphatic rings. The minimum atomic E-state index is 0.604. The average molecular weight is 195 g/mol. The van der Waals surface area contributed by atoms with Gasteiger partial charge < -0.3 is 10.1 Å². The number of rotatable bonds is 6. The molecule has 0 aromatic carbocycles. The summed E-state index contributed by atoms with van der Waals surface area (Å²) < 4.78 is 5.32. The molecule has 1 rings (SSSR count). The SMILES string of the molecule is CCCOc1cnc(CNCC)cn1. The number of aromatic nitrogens is 2. The van der Waals surface area contributed by atoms with E-state index in [2.05, 4.69) is 29.1 Å². The third-order valence-electron chi connectivity index (χ3n) is 1.69. The first-order chi connectivity index (χ1) is 6.86. The Morgan fingerprint density at radius 3 is 2.71 bits per heavy atom. The van der Waals surface area contributed by atoms with Crippen LogP contribution in [0.15, 0.2) is 12.4 Å². The third-order valence-corrected chi connectivity index (χ3v) is 1.69. The van der Waals surface area contributed by atoms with Gasteiger partial charge in [-0.3, -0.25) is 4.98 Å². The second-order valence-electron chi connectivity index (χ2n) is 2.97. The zero-order valence-electron chi connectivity index (χ0n) is 8.79. The molecule has 0 saturated heterocycles. The molecule has 0 radical (unpaired) electrons. The van der Waals surface area contributed by atoms with Gasteiger partial charge in [0, 0.05) is 6.54 Å². The van der Waals surface area contributed by atoms with E-state index in [1.54, 1.807) is 12.4 Å². The van der Waals surface area contributed by atoms with E-state index in [1.807, 2.05) is 0 Å². The maximum absolute atomic E-state index is 5.32. The minimum Gasteiger partial charge on any atom is -0.477 e. The molecule has 78 valence electrons. The van der Waals surface area contributed by atoms with Crippen molar-refractivity contribution < 1.29 is 4.74 Å². The lowest BCUT2D eigenvalue weighted by molar-refractivity contribution is 0.303. The quantitative estimate of drug-likeness (QED) is 0.744. The van der Waals surface area contributed by atoms with Gasteiger partial charge in [-0.15, -0.1) is 0 Å². The predicted molar refractivity (Wildman–Crippen MR) is 55.2 cm³/mol. The van der Waals surface area contributed by atoms with Crippen molar-refractivity contribution in [3.05, 3.63) is 18.1 Å². The largest absolute Gasteiger partial charge is 0.477 e. The fraction of sp³-hybridized carbons (Fsp3) is 0.600. The summed E-state index contributed by atoms with van der Waals surface area (Å²) in [6.45, 7) is 6.52. The highest BCUT2D eigenvalue weighted by atomic mass is 16.5. The average Bonchev–Trinajstić information content (AvgIpc) is 2.25. The zero-order valence-corrected chi connectivity index (χ0v) is 8.79. The molecule has 1 aromatic heterocycles. The van der Waals surface area contributed by atoms with Crippen LogP contribution in [0.3, 0.4) is 0 Å². The van der Waals surface area contributed by atoms with Crippen LogP contribution in [0.1, 0.15) is 26.0 Å². The second-order valence-corrected chi connectivity index (χ2v) is 2.97. The molecule has 1 aromatic rings. The number of nitrogens with one attached hydrogen (secondary N) is 1. The molecule has 0 atom stereocenters. The van der Waals surface area contributed by atoms with Gasteiger partial charge in [-0.25, -0.2) is 4.98 Å². The van der Waals surface area contributed by atoms with Crippen LogP contribution in [0, 0.1) is 0 Å². The molecule has 0 aliphatic carbocycles. The van der Waals surface area contributed by atoms with Gasteiger partial charge in [0.05, 0.1) is 24.7 Å². The van der Waals surface area contributed by atoms with Gasteiger partial charge in [-0.05, 0) is 13.0 Å². The van der Waals surface area contributed by atoms with E-state index < -0.39 is 0 Å². The van der Waals surface area contributed by atoms with Gasteiger partial charge in [-0.2, -0.15) is 0 Å². The number of ether oxygens (including phenoxy) is 1. The van der Waals surface area contributed by atoms with Crippen molar-refractivity contribution >= 4 is 0 Å². The summed E-state index contributed by atoms with van der Waals surface area (Å²) in [7, 11) is 0. The summed E-state index contributed by atoms with van der Waals surface area (Å²) in [4.78, 5) is 8.36. The Morgan fingerprint density at radius 1 is 1.29 bits per heavy atom. The molecule has 0 bridgehead atoms. The standard InChI is InChI=1S/C10H17N3O/c1-3-5-14-10-8-12-9(7-13-10)6-11-4-2/h7-8,11H,3-6H2,1-2H3. The van der Waals surface area contributed by atoms with E-state index >= 15 is 0 Å². The Bertz CT molecular complexity index is 221. The number of hydrogen-bond donors (Lipinski definition) is 1. The van der Waals surface area contributed by atoms with Crippen LogP contribution in [0.25, 0.3) is 0 Å². The lowest BCUT2D eigenvalue weighted by Gasteiger charge is -2.04. The van der Waals surface area contributed by atoms with E-state index in [0.717, 1.165) is 25.2 Å². The fourth-order valence-electron chi connectivity index (χ4n) is 0.968. The van der Waals surface area contributed by atoms with Crippen molar-refractivity contribution in [1.29, 1.82) is 0 Å². The van der Waals surface area contributed by atoms with Crippen molar-refractivity contribution in [2.24, 2.45) is 0 Å². The maximum Gasteiger partial charge on any atom is 0.232 e. The smallest absolute Gasteiger partial charge is 0.232 e. The molecular formula is C10H17N3O. The molecule has 1 heterocycles. The first-order valence-corrected chi connectivity index (χ1v) is 5.01. The van der Waals surface area contributed by atoms with E-state index in [-0.39, 0.29) is 0 Å². The molecule has 1 N–H and O–H groups in total. The molecule has 0 saturated carbocycles. The Labute approximate surface area is 84.7 Å². The van der Waals surface area contributed by atoms with Gasteiger partial charge in [0.1, 0.15) is 0 Å². The molecule has 14 heavy (non-hydrogen) atoms. The van der Waals surface area contributed by atoms with Crippen LogP contribution < -0.4 is 10.1 Å². The highest BCUT2D eigenvalue weighted by molar-refractivity contribution is 5.06. The van der Waals surface area contributed by atoms with Crippen LogP contribution in [0.5, 0.6) is 5.88 Å². The zero-order chi connectivity index (χ0) is 10.2. The summed E-state index contributed by atoms with van der Waals surface area (Å²) in [5.74, 6) is 0.604. The van der Waals surface area contributed by atoms with Gasteiger partial charge in [0.15, 0.2) is 0 Å².